The van der Waals surface area contributed by atoms with E-state index >= 15 is 0 Å². The Morgan fingerprint density at radius 1 is 1.11 bits per heavy atom. The third kappa shape index (κ3) is 4.85. The Kier molecular flexibility index (Phi) is 6.23. The predicted octanol–water partition coefficient (Wildman–Crippen LogP) is 3.69. The highest BCUT2D eigenvalue weighted by atomic mass is 32.2. The summed E-state index contributed by atoms with van der Waals surface area (Å²) in [7, 11) is 4.11. The highest BCUT2D eigenvalue weighted by Crippen LogP contribution is 2.28. The lowest BCUT2D eigenvalue weighted by atomic mass is 10.2. The molecule has 28 heavy (non-hydrogen) atoms. The molecule has 7 nitrogen and oxygen atoms in total. The van der Waals surface area contributed by atoms with Crippen molar-refractivity contribution in [2.45, 2.75) is 4.90 Å². The largest absolute Gasteiger partial charge is 0.508 e. The Morgan fingerprint density at radius 3 is 2.43 bits per heavy atom. The van der Waals surface area contributed by atoms with Crippen LogP contribution < -0.4 is 10.5 Å². The fourth-order valence-corrected chi connectivity index (χ4v) is 3.48. The lowest BCUT2D eigenvalue weighted by molar-refractivity contribution is 0.437. The molecule has 1 heterocycles. The number of hydrogen-bond donors (Lipinski definition) is 2. The number of thioether (sulfide) groups is 1. The van der Waals surface area contributed by atoms with Crippen molar-refractivity contribution in [3.63, 3.8) is 0 Å². The van der Waals surface area contributed by atoms with Crippen LogP contribution in [0.4, 0.5) is 17.3 Å². The maximum Gasteiger partial charge on any atom is 0.410 e. The number of phenols is 1. The third-order valence-electron chi connectivity index (χ3n) is 4.02. The number of nitroso groups, excluding NO2 is 1. The SMILES string of the molecule is CN(C)CCSc1ccc(-c2cnc(N)c([N+](=O)c3ccc(O)cc3)n2)cc1. The highest BCUT2D eigenvalue weighted by molar-refractivity contribution is 7.99. The summed E-state index contributed by atoms with van der Waals surface area (Å²) in [4.78, 5) is 24.5. The Labute approximate surface area is 167 Å². The third-order valence-corrected chi connectivity index (χ3v) is 5.01. The number of anilines is 1. The first-order chi connectivity index (χ1) is 13.4. The van der Waals surface area contributed by atoms with Gasteiger partial charge in [-0.2, -0.15) is 0 Å². The van der Waals surface area contributed by atoms with Gasteiger partial charge < -0.3 is 15.7 Å². The maximum absolute atomic E-state index is 12.6. The number of hydrogen-bond acceptors (Lipinski definition) is 7. The van der Waals surface area contributed by atoms with E-state index in [2.05, 4.69) is 29.0 Å². The quantitative estimate of drug-likeness (QED) is 0.464. The summed E-state index contributed by atoms with van der Waals surface area (Å²) in [6.45, 7) is 1.01. The number of nitrogens with zero attached hydrogens (tertiary/aromatic N) is 4. The molecule has 0 unspecified atom stereocenters. The molecule has 2 aromatic carbocycles. The summed E-state index contributed by atoms with van der Waals surface area (Å²) in [6.07, 6.45) is 1.55. The van der Waals surface area contributed by atoms with Crippen LogP contribution in [0.3, 0.4) is 0 Å². The standard InChI is InChI=1S/C20H21N5O2S/c1-24(2)11-12-28-17-9-3-14(4-10-17)18-13-22-19(21)20(23-18)25(27)15-5-7-16(26)8-6-15/h3-10,13H,11-12H2,1-2H3,(H2-,21,22,26,27)/p+1. The number of nitrogens with two attached hydrogens (primary N) is 1. The summed E-state index contributed by atoms with van der Waals surface area (Å²) in [5.41, 5.74) is 7.59. The Hall–Kier alpha value is -2.97. The second kappa shape index (κ2) is 8.81. The van der Waals surface area contributed by atoms with Gasteiger partial charge in [0.2, 0.25) is 11.5 Å². The van der Waals surface area contributed by atoms with Gasteiger partial charge in [-0.25, -0.2) is 4.98 Å². The molecular formula is C20H22N5O2S+. The fourth-order valence-electron chi connectivity index (χ4n) is 2.46. The van der Waals surface area contributed by atoms with E-state index in [4.69, 9.17) is 5.73 Å². The van der Waals surface area contributed by atoms with Crippen LogP contribution in [0, 0.1) is 4.91 Å². The molecule has 0 amide bonds. The molecule has 8 heteroatoms. The van der Waals surface area contributed by atoms with Crippen molar-refractivity contribution in [1.29, 1.82) is 0 Å². The van der Waals surface area contributed by atoms with E-state index in [1.54, 1.807) is 18.0 Å². The molecular weight excluding hydrogens is 374 g/mol. The van der Waals surface area contributed by atoms with Crippen molar-refractivity contribution in [1.82, 2.24) is 19.6 Å². The number of aromatic hydroxyl groups is 1. The molecule has 0 bridgehead atoms. The first-order valence-electron chi connectivity index (χ1n) is 8.71. The predicted molar refractivity (Wildman–Crippen MR) is 114 cm³/mol. The van der Waals surface area contributed by atoms with Gasteiger partial charge >= 0.3 is 5.82 Å². The van der Waals surface area contributed by atoms with Crippen LogP contribution in [0.2, 0.25) is 0 Å². The van der Waals surface area contributed by atoms with E-state index in [-0.39, 0.29) is 17.4 Å². The molecule has 144 valence electrons. The zero-order valence-electron chi connectivity index (χ0n) is 15.7. The fraction of sp³-hybridized carbons (Fsp3) is 0.200. The number of nitrogen functional groups attached to an aromatic ring is 1. The van der Waals surface area contributed by atoms with Crippen molar-refractivity contribution < 1.29 is 5.11 Å². The van der Waals surface area contributed by atoms with Gasteiger partial charge in [0.15, 0.2) is 5.69 Å². The number of phenolic OH excluding ortho intramolecular Hbond substituents is 1. The van der Waals surface area contributed by atoms with Crippen molar-refractivity contribution in [3.05, 3.63) is 59.6 Å². The van der Waals surface area contributed by atoms with Gasteiger partial charge in [0.05, 0.1) is 6.20 Å². The molecule has 0 aliphatic carbocycles. The summed E-state index contributed by atoms with van der Waals surface area (Å²) in [5.74, 6) is 1.15. The molecule has 3 aromatic rings. The van der Waals surface area contributed by atoms with E-state index in [1.807, 2.05) is 24.3 Å². The summed E-state index contributed by atoms with van der Waals surface area (Å²) in [5, 5.41) is 9.38. The van der Waals surface area contributed by atoms with E-state index in [0.29, 0.717) is 16.1 Å². The minimum atomic E-state index is 0.0209. The average Bonchev–Trinajstić information content (AvgIpc) is 2.69. The van der Waals surface area contributed by atoms with Crippen LogP contribution in [0.5, 0.6) is 5.75 Å². The molecule has 0 aliphatic rings. The van der Waals surface area contributed by atoms with E-state index in [0.717, 1.165) is 17.9 Å². The monoisotopic (exact) mass is 396 g/mol. The molecule has 3 rings (SSSR count). The Morgan fingerprint density at radius 2 is 1.79 bits per heavy atom. The molecule has 3 N–H and O–H groups in total. The van der Waals surface area contributed by atoms with Gasteiger partial charge in [0, 0.05) is 27.5 Å². The van der Waals surface area contributed by atoms with E-state index < -0.39 is 0 Å². The highest BCUT2D eigenvalue weighted by Gasteiger charge is 2.24. The first kappa shape index (κ1) is 19.8. The van der Waals surface area contributed by atoms with Crippen LogP contribution in [0.15, 0.2) is 59.6 Å². The van der Waals surface area contributed by atoms with Gasteiger partial charge in [-0.3, -0.25) is 0 Å². The lowest BCUT2D eigenvalue weighted by Crippen LogP contribution is -2.14. The second-order valence-electron chi connectivity index (χ2n) is 6.45. The molecule has 0 fully saturated rings. The first-order valence-corrected chi connectivity index (χ1v) is 9.69. The van der Waals surface area contributed by atoms with Crippen molar-refractivity contribution >= 4 is 29.1 Å². The molecule has 0 aliphatic heterocycles. The zero-order chi connectivity index (χ0) is 20.1. The summed E-state index contributed by atoms with van der Waals surface area (Å²) in [6, 6.07) is 13.8. The minimum absolute atomic E-state index is 0.0209. The van der Waals surface area contributed by atoms with Crippen molar-refractivity contribution in [3.8, 4) is 17.0 Å². The number of rotatable bonds is 7. The molecule has 1 aromatic heterocycles. The Bertz CT molecular complexity index is 959. The number of benzene rings is 2. The molecule has 0 spiro atoms. The van der Waals surface area contributed by atoms with Gasteiger partial charge in [-0.05, 0) is 67.6 Å². The second-order valence-corrected chi connectivity index (χ2v) is 7.62. The molecule has 0 saturated heterocycles. The lowest BCUT2D eigenvalue weighted by Gasteiger charge is -2.08. The average molecular weight is 396 g/mol. The minimum Gasteiger partial charge on any atom is -0.508 e. The molecule has 0 radical (unpaired) electrons. The topological polar surface area (TPSA) is 95.4 Å². The zero-order valence-corrected chi connectivity index (χ0v) is 16.6. The maximum atomic E-state index is 12.6. The van der Waals surface area contributed by atoms with Gasteiger partial charge in [0.25, 0.3) is 0 Å². The Balaban J connectivity index is 1.81. The van der Waals surface area contributed by atoms with Crippen LogP contribution >= 0.6 is 11.8 Å². The van der Waals surface area contributed by atoms with Crippen LogP contribution in [-0.2, 0) is 0 Å². The van der Waals surface area contributed by atoms with Gasteiger partial charge in [0.1, 0.15) is 5.75 Å². The number of aromatic nitrogens is 2. The van der Waals surface area contributed by atoms with Gasteiger partial charge in [-0.1, -0.05) is 4.91 Å². The smallest absolute Gasteiger partial charge is 0.410 e. The normalized spacial score (nSPS) is 11.0. The van der Waals surface area contributed by atoms with E-state index in [1.165, 1.54) is 29.2 Å². The van der Waals surface area contributed by atoms with Crippen molar-refractivity contribution in [2.24, 2.45) is 0 Å². The van der Waals surface area contributed by atoms with Crippen LogP contribution in [-0.4, -0.2) is 46.4 Å². The molecule has 0 atom stereocenters. The van der Waals surface area contributed by atoms with Crippen LogP contribution in [0.1, 0.15) is 0 Å². The van der Waals surface area contributed by atoms with E-state index in [9.17, 15) is 10.0 Å². The summed E-state index contributed by atoms with van der Waals surface area (Å²) >= 11 is 1.79. The van der Waals surface area contributed by atoms with Crippen LogP contribution in [0.25, 0.3) is 11.3 Å². The van der Waals surface area contributed by atoms with Gasteiger partial charge in [-0.15, -0.1) is 11.8 Å². The summed E-state index contributed by atoms with van der Waals surface area (Å²) < 4.78 is 0.608. The van der Waals surface area contributed by atoms with Crippen molar-refractivity contribution in [2.75, 3.05) is 32.1 Å². The molecule has 0 saturated carbocycles.